The largest absolute Gasteiger partial charge is 0.497 e. The fraction of sp³-hybridized carbons (Fsp3) is 0.455. The van der Waals surface area contributed by atoms with Gasteiger partial charge in [0.05, 0.1) is 14.2 Å². The molecule has 0 aliphatic carbocycles. The maximum Gasteiger partial charge on any atom is 0.122 e. The Kier molecular flexibility index (Phi) is 4.39. The molecule has 0 aliphatic heterocycles. The van der Waals surface area contributed by atoms with Crippen molar-refractivity contribution in [1.82, 2.24) is 0 Å². The first-order valence-corrected chi connectivity index (χ1v) is 4.80. The van der Waals surface area contributed by atoms with Crippen molar-refractivity contribution >= 4 is 0 Å². The van der Waals surface area contributed by atoms with E-state index < -0.39 is 0 Å². The molecule has 0 bridgehead atoms. The summed E-state index contributed by atoms with van der Waals surface area (Å²) in [5, 5.41) is 8.81. The van der Waals surface area contributed by atoms with Crippen molar-refractivity contribution in [2.24, 2.45) is 5.73 Å². The Labute approximate surface area is 89.6 Å². The number of benzene rings is 1. The third-order valence-corrected chi connectivity index (χ3v) is 2.24. The second kappa shape index (κ2) is 5.58. The Balaban J connectivity index is 2.95. The van der Waals surface area contributed by atoms with Gasteiger partial charge < -0.3 is 20.3 Å². The van der Waals surface area contributed by atoms with E-state index in [1.807, 2.05) is 12.1 Å². The van der Waals surface area contributed by atoms with Gasteiger partial charge in [-0.3, -0.25) is 0 Å². The van der Waals surface area contributed by atoms with Gasteiger partial charge in [-0.2, -0.15) is 0 Å². The predicted molar refractivity (Wildman–Crippen MR) is 58.2 cm³/mol. The summed E-state index contributed by atoms with van der Waals surface area (Å²) in [6.45, 7) is 0.0701. The van der Waals surface area contributed by atoms with Crippen LogP contribution in [0.2, 0.25) is 0 Å². The first-order chi connectivity index (χ1) is 7.21. The number of aliphatic hydroxyl groups is 1. The van der Waals surface area contributed by atoms with Crippen molar-refractivity contribution in [3.05, 3.63) is 23.8 Å². The van der Waals surface area contributed by atoms with Crippen molar-refractivity contribution in [3.8, 4) is 11.5 Å². The number of ether oxygens (including phenoxy) is 2. The van der Waals surface area contributed by atoms with Crippen LogP contribution in [-0.4, -0.2) is 25.9 Å². The van der Waals surface area contributed by atoms with Gasteiger partial charge in [-0.15, -0.1) is 0 Å². The number of aliphatic hydroxyl groups excluding tert-OH is 1. The molecule has 15 heavy (non-hydrogen) atoms. The molecule has 0 amide bonds. The maximum absolute atomic E-state index is 8.81. The zero-order valence-corrected chi connectivity index (χ0v) is 9.06. The van der Waals surface area contributed by atoms with Gasteiger partial charge in [0.1, 0.15) is 11.5 Å². The quantitative estimate of drug-likeness (QED) is 0.765. The maximum atomic E-state index is 8.81. The van der Waals surface area contributed by atoms with Crippen molar-refractivity contribution < 1.29 is 14.6 Å². The number of hydrogen-bond acceptors (Lipinski definition) is 4. The van der Waals surface area contributed by atoms with Crippen molar-refractivity contribution in [3.63, 3.8) is 0 Å². The Morgan fingerprint density at radius 2 is 1.73 bits per heavy atom. The van der Waals surface area contributed by atoms with E-state index in [0.717, 1.165) is 5.56 Å². The number of rotatable bonds is 5. The lowest BCUT2D eigenvalue weighted by Gasteiger charge is -2.13. The second-order valence-electron chi connectivity index (χ2n) is 3.26. The minimum Gasteiger partial charge on any atom is -0.497 e. The average Bonchev–Trinajstić information content (AvgIpc) is 2.28. The van der Waals surface area contributed by atoms with E-state index in [-0.39, 0.29) is 12.6 Å². The fourth-order valence-electron chi connectivity index (χ4n) is 1.35. The predicted octanol–water partition coefficient (Wildman–Crippen LogP) is 1.09. The lowest BCUT2D eigenvalue weighted by atomic mass is 10.0. The van der Waals surface area contributed by atoms with E-state index in [4.69, 9.17) is 20.3 Å². The van der Waals surface area contributed by atoms with Crippen LogP contribution in [0.3, 0.4) is 0 Å². The molecule has 3 N–H and O–H groups in total. The van der Waals surface area contributed by atoms with Crippen LogP contribution in [0.25, 0.3) is 0 Å². The molecule has 0 saturated carbocycles. The van der Waals surface area contributed by atoms with Crippen LogP contribution >= 0.6 is 0 Å². The van der Waals surface area contributed by atoms with E-state index in [1.165, 1.54) is 0 Å². The van der Waals surface area contributed by atoms with E-state index >= 15 is 0 Å². The molecule has 0 fully saturated rings. The lowest BCUT2D eigenvalue weighted by molar-refractivity contribution is 0.276. The third-order valence-electron chi connectivity index (χ3n) is 2.24. The minimum absolute atomic E-state index is 0.0701. The highest BCUT2D eigenvalue weighted by atomic mass is 16.5. The van der Waals surface area contributed by atoms with Crippen LogP contribution in [0.4, 0.5) is 0 Å². The normalized spacial score (nSPS) is 12.3. The average molecular weight is 211 g/mol. The fourth-order valence-corrected chi connectivity index (χ4v) is 1.35. The van der Waals surface area contributed by atoms with Gasteiger partial charge in [0, 0.05) is 18.7 Å². The van der Waals surface area contributed by atoms with E-state index in [1.54, 1.807) is 20.3 Å². The molecule has 0 aliphatic rings. The molecule has 1 aromatic carbocycles. The number of hydrogen-bond donors (Lipinski definition) is 2. The highest BCUT2D eigenvalue weighted by Crippen LogP contribution is 2.26. The number of nitrogens with two attached hydrogens (primary N) is 1. The Morgan fingerprint density at radius 1 is 1.20 bits per heavy atom. The lowest BCUT2D eigenvalue weighted by Crippen LogP contribution is -2.12. The molecule has 0 spiro atoms. The van der Waals surface area contributed by atoms with E-state index in [9.17, 15) is 0 Å². The summed E-state index contributed by atoms with van der Waals surface area (Å²) < 4.78 is 10.3. The summed E-state index contributed by atoms with van der Waals surface area (Å²) in [4.78, 5) is 0. The SMILES string of the molecule is COc1cc(OC)cc([C@@H](N)CCO)c1. The van der Waals surface area contributed by atoms with Gasteiger partial charge in [-0.25, -0.2) is 0 Å². The highest BCUT2D eigenvalue weighted by Gasteiger charge is 2.08. The third kappa shape index (κ3) is 3.11. The van der Waals surface area contributed by atoms with Crippen molar-refractivity contribution in [2.75, 3.05) is 20.8 Å². The second-order valence-corrected chi connectivity index (χ2v) is 3.26. The molecule has 84 valence electrons. The van der Waals surface area contributed by atoms with Crippen LogP contribution in [0.1, 0.15) is 18.0 Å². The Morgan fingerprint density at radius 3 is 2.13 bits per heavy atom. The molecule has 1 aromatic rings. The van der Waals surface area contributed by atoms with Crippen molar-refractivity contribution in [2.45, 2.75) is 12.5 Å². The van der Waals surface area contributed by atoms with Crippen LogP contribution in [0, 0.1) is 0 Å². The molecule has 0 aromatic heterocycles. The monoisotopic (exact) mass is 211 g/mol. The van der Waals surface area contributed by atoms with Gasteiger partial charge in [0.25, 0.3) is 0 Å². The molecule has 0 radical (unpaired) electrons. The van der Waals surface area contributed by atoms with Crippen molar-refractivity contribution in [1.29, 1.82) is 0 Å². The van der Waals surface area contributed by atoms with Crippen LogP contribution < -0.4 is 15.2 Å². The van der Waals surface area contributed by atoms with Gasteiger partial charge in [-0.05, 0) is 24.1 Å². The van der Waals surface area contributed by atoms with E-state index in [0.29, 0.717) is 17.9 Å². The minimum atomic E-state index is -0.195. The zero-order chi connectivity index (χ0) is 11.3. The summed E-state index contributed by atoms with van der Waals surface area (Å²) in [6.07, 6.45) is 0.524. The van der Waals surface area contributed by atoms with E-state index in [2.05, 4.69) is 0 Å². The first kappa shape index (κ1) is 11.8. The summed E-state index contributed by atoms with van der Waals surface area (Å²) in [5.41, 5.74) is 6.78. The zero-order valence-electron chi connectivity index (χ0n) is 9.06. The summed E-state index contributed by atoms with van der Waals surface area (Å²) in [7, 11) is 3.19. The van der Waals surface area contributed by atoms with Gasteiger partial charge in [0.15, 0.2) is 0 Å². The van der Waals surface area contributed by atoms with Gasteiger partial charge >= 0.3 is 0 Å². The summed E-state index contributed by atoms with van der Waals surface area (Å²) >= 11 is 0. The van der Waals surface area contributed by atoms with Crippen LogP contribution in [0.5, 0.6) is 11.5 Å². The Bertz CT molecular complexity index is 292. The molecule has 1 atom stereocenters. The van der Waals surface area contributed by atoms with Crippen LogP contribution in [-0.2, 0) is 0 Å². The molecule has 0 unspecified atom stereocenters. The molecular weight excluding hydrogens is 194 g/mol. The molecule has 4 heteroatoms. The topological polar surface area (TPSA) is 64.7 Å². The first-order valence-electron chi connectivity index (χ1n) is 4.80. The number of methoxy groups -OCH3 is 2. The smallest absolute Gasteiger partial charge is 0.122 e. The molecule has 0 saturated heterocycles. The Hall–Kier alpha value is -1.26. The van der Waals surface area contributed by atoms with Gasteiger partial charge in [-0.1, -0.05) is 0 Å². The molecule has 4 nitrogen and oxygen atoms in total. The molecular formula is C11H17NO3. The standard InChI is InChI=1S/C11H17NO3/c1-14-9-5-8(11(12)3-4-13)6-10(7-9)15-2/h5-7,11,13H,3-4,12H2,1-2H3/t11-/m0/s1. The summed E-state index contributed by atoms with van der Waals surface area (Å²) in [5.74, 6) is 1.41. The molecule has 1 rings (SSSR count). The summed E-state index contributed by atoms with van der Waals surface area (Å²) in [6, 6.07) is 5.29. The van der Waals surface area contributed by atoms with Crippen LogP contribution in [0.15, 0.2) is 18.2 Å². The van der Waals surface area contributed by atoms with Gasteiger partial charge in [0.2, 0.25) is 0 Å². The highest BCUT2D eigenvalue weighted by molar-refractivity contribution is 5.39. The molecule has 0 heterocycles.